The molecule has 61 heavy (non-hydrogen) atoms. The highest BCUT2D eigenvalue weighted by atomic mass is 16.3. The quantitative estimate of drug-likeness (QED) is 0.158. The van der Waals surface area contributed by atoms with E-state index in [1.165, 1.54) is 60.7 Å². The minimum atomic E-state index is 0.0407. The third-order valence-electron chi connectivity index (χ3n) is 12.7. The van der Waals surface area contributed by atoms with Crippen molar-refractivity contribution in [3.63, 3.8) is 0 Å². The zero-order valence-corrected chi connectivity index (χ0v) is 33.6. The van der Waals surface area contributed by atoms with Crippen LogP contribution >= 0.6 is 0 Å². The molecule has 0 fully saturated rings. The number of fused-ring (bicyclic) bond motifs is 7. The molecule has 0 radical (unpaired) electrons. The van der Waals surface area contributed by atoms with Gasteiger partial charge in [-0.2, -0.15) is 0 Å². The van der Waals surface area contributed by atoms with E-state index in [4.69, 9.17) is 14.4 Å². The van der Waals surface area contributed by atoms with Crippen LogP contribution in [0.1, 0.15) is 42.1 Å². The molecule has 3 heteroatoms. The van der Waals surface area contributed by atoms with E-state index in [0.717, 1.165) is 74.5 Å². The summed E-state index contributed by atoms with van der Waals surface area (Å²) in [7, 11) is 0. The van der Waals surface area contributed by atoms with E-state index >= 15 is 0 Å². The summed E-state index contributed by atoms with van der Waals surface area (Å²) in [6.45, 7) is 0. The maximum Gasteiger partial charge on any atom is 0.136 e. The summed E-state index contributed by atoms with van der Waals surface area (Å²) in [5.41, 5.74) is 15.9. The van der Waals surface area contributed by atoms with Crippen LogP contribution in [0.4, 0.5) is 0 Å². The van der Waals surface area contributed by atoms with E-state index in [-0.39, 0.29) is 6.04 Å². The lowest BCUT2D eigenvalue weighted by atomic mass is 9.83. The van der Waals surface area contributed by atoms with E-state index in [1.807, 2.05) is 0 Å². The molecule has 2 aliphatic rings. The molecular formula is C58H40N2O. The van der Waals surface area contributed by atoms with Crippen molar-refractivity contribution in [2.24, 2.45) is 4.99 Å². The molecule has 0 spiro atoms. The number of furan rings is 1. The maximum atomic E-state index is 6.71. The van der Waals surface area contributed by atoms with Crippen molar-refractivity contribution in [1.29, 1.82) is 0 Å². The fraction of sp³-hybridized carbons (Fsp3) is 0.0690. The van der Waals surface area contributed by atoms with Gasteiger partial charge in [-0.1, -0.05) is 176 Å². The fourth-order valence-corrected chi connectivity index (χ4v) is 9.78. The molecule has 3 heterocycles. The van der Waals surface area contributed by atoms with E-state index in [9.17, 15) is 0 Å². The van der Waals surface area contributed by atoms with Crippen molar-refractivity contribution >= 4 is 65.7 Å². The summed E-state index contributed by atoms with van der Waals surface area (Å²) >= 11 is 0. The number of rotatable bonds is 6. The van der Waals surface area contributed by atoms with Crippen LogP contribution in [0, 0.1) is 0 Å². The minimum Gasteiger partial charge on any atom is -0.456 e. The van der Waals surface area contributed by atoms with Crippen molar-refractivity contribution in [3.05, 3.63) is 228 Å². The van der Waals surface area contributed by atoms with Crippen LogP contribution < -0.4 is 0 Å². The fourth-order valence-electron chi connectivity index (χ4n) is 9.78. The number of hydrogen-bond acceptors (Lipinski definition) is 3. The summed E-state index contributed by atoms with van der Waals surface area (Å²) in [6, 6.07) is 64.9. The highest BCUT2D eigenvalue weighted by Gasteiger charge is 2.26. The van der Waals surface area contributed by atoms with Crippen LogP contribution in [0.15, 0.2) is 221 Å². The number of pyridine rings is 1. The van der Waals surface area contributed by atoms with Gasteiger partial charge in [-0.05, 0) is 93.3 Å². The highest BCUT2D eigenvalue weighted by molar-refractivity contribution is 6.27. The molecule has 12 rings (SSSR count). The Balaban J connectivity index is 1.03. The second kappa shape index (κ2) is 14.6. The Hall–Kier alpha value is -7.62. The van der Waals surface area contributed by atoms with E-state index in [1.54, 1.807) is 0 Å². The number of para-hydroxylation sites is 2. The zero-order valence-electron chi connectivity index (χ0n) is 33.6. The molecule has 0 amide bonds. The lowest BCUT2D eigenvalue weighted by Crippen LogP contribution is -2.13. The molecule has 1 unspecified atom stereocenters. The average Bonchev–Trinajstić information content (AvgIpc) is 3.71. The highest BCUT2D eigenvalue weighted by Crippen LogP contribution is 2.47. The van der Waals surface area contributed by atoms with Crippen molar-refractivity contribution in [3.8, 4) is 22.3 Å². The van der Waals surface area contributed by atoms with Gasteiger partial charge < -0.3 is 4.42 Å². The van der Waals surface area contributed by atoms with Crippen LogP contribution in [-0.2, 0) is 0 Å². The number of aliphatic imine (C=N–C) groups is 1. The molecule has 1 atom stereocenters. The summed E-state index contributed by atoms with van der Waals surface area (Å²) < 4.78 is 6.71. The molecule has 0 saturated carbocycles. The molecule has 8 aromatic carbocycles. The van der Waals surface area contributed by atoms with Gasteiger partial charge in [-0.25, -0.2) is 4.98 Å². The molecular weight excluding hydrogens is 741 g/mol. The lowest BCUT2D eigenvalue weighted by molar-refractivity contribution is 0.669. The van der Waals surface area contributed by atoms with Crippen LogP contribution in [0.2, 0.25) is 0 Å². The van der Waals surface area contributed by atoms with Gasteiger partial charge in [0, 0.05) is 38.1 Å². The van der Waals surface area contributed by atoms with Gasteiger partial charge in [0.05, 0.1) is 23.0 Å². The van der Waals surface area contributed by atoms with Crippen LogP contribution in [0.5, 0.6) is 0 Å². The third kappa shape index (κ3) is 6.12. The summed E-state index contributed by atoms with van der Waals surface area (Å²) in [4.78, 5) is 10.9. The predicted octanol–water partition coefficient (Wildman–Crippen LogP) is 15.4. The van der Waals surface area contributed by atoms with E-state index in [2.05, 4.69) is 200 Å². The van der Waals surface area contributed by atoms with Gasteiger partial charge >= 0.3 is 0 Å². The molecule has 1 aliphatic carbocycles. The summed E-state index contributed by atoms with van der Waals surface area (Å²) in [5, 5.41) is 8.18. The topological polar surface area (TPSA) is 38.4 Å². The lowest BCUT2D eigenvalue weighted by Gasteiger charge is -2.26. The molecule has 10 aromatic rings. The summed E-state index contributed by atoms with van der Waals surface area (Å²) in [5.74, 6) is 0. The van der Waals surface area contributed by atoms with Gasteiger partial charge in [0.1, 0.15) is 11.2 Å². The Morgan fingerprint density at radius 1 is 0.475 bits per heavy atom. The molecule has 2 aromatic heterocycles. The number of benzene rings is 8. The normalized spacial score (nSPS) is 15.6. The van der Waals surface area contributed by atoms with Gasteiger partial charge in [0.15, 0.2) is 0 Å². The van der Waals surface area contributed by atoms with Crippen molar-refractivity contribution in [1.82, 2.24) is 4.98 Å². The average molecular weight is 781 g/mol. The second-order valence-corrected chi connectivity index (χ2v) is 16.3. The van der Waals surface area contributed by atoms with Crippen LogP contribution in [0.3, 0.4) is 0 Å². The second-order valence-electron chi connectivity index (χ2n) is 16.3. The Morgan fingerprint density at radius 2 is 1.13 bits per heavy atom. The maximum absolute atomic E-state index is 6.71. The monoisotopic (exact) mass is 780 g/mol. The SMILES string of the molecule is C1=C(C2=CC(c3cccc4ccccc34)=NC(c3ccccc3)C2)CCC(c2nc3ccccc3c3c(-c4ccc(-c5ccccc5)cc4)c4c(cc23)oc2ccccc24)=C1. The van der Waals surface area contributed by atoms with Crippen molar-refractivity contribution in [2.75, 3.05) is 0 Å². The Labute approximate surface area is 354 Å². The molecule has 0 saturated heterocycles. The molecule has 1 aliphatic heterocycles. The van der Waals surface area contributed by atoms with E-state index in [0.29, 0.717) is 0 Å². The predicted molar refractivity (Wildman–Crippen MR) is 255 cm³/mol. The Kier molecular flexibility index (Phi) is 8.45. The first kappa shape index (κ1) is 35.3. The minimum absolute atomic E-state index is 0.0407. The number of aromatic nitrogens is 1. The molecule has 0 bridgehead atoms. The first-order valence-electron chi connectivity index (χ1n) is 21.3. The number of allylic oxidation sites excluding steroid dienone is 5. The molecule has 3 nitrogen and oxygen atoms in total. The molecule has 0 N–H and O–H groups in total. The van der Waals surface area contributed by atoms with Crippen molar-refractivity contribution < 1.29 is 4.42 Å². The molecule has 288 valence electrons. The van der Waals surface area contributed by atoms with E-state index < -0.39 is 0 Å². The first-order chi connectivity index (χ1) is 30.2. The Morgan fingerprint density at radius 3 is 1.95 bits per heavy atom. The third-order valence-corrected chi connectivity index (χ3v) is 12.7. The van der Waals surface area contributed by atoms with Gasteiger partial charge in [-0.3, -0.25) is 4.99 Å². The first-order valence-corrected chi connectivity index (χ1v) is 21.3. The smallest absolute Gasteiger partial charge is 0.136 e. The van der Waals surface area contributed by atoms with Gasteiger partial charge in [0.25, 0.3) is 0 Å². The Bertz CT molecular complexity index is 3470. The van der Waals surface area contributed by atoms with Gasteiger partial charge in [-0.15, -0.1) is 0 Å². The number of hydrogen-bond donors (Lipinski definition) is 0. The summed E-state index contributed by atoms with van der Waals surface area (Å²) in [6.07, 6.45) is 9.68. The largest absolute Gasteiger partial charge is 0.456 e. The number of nitrogens with zero attached hydrogens (tertiary/aromatic N) is 2. The van der Waals surface area contributed by atoms with Crippen molar-refractivity contribution in [2.45, 2.75) is 25.3 Å². The number of dihydropyridines is 1. The van der Waals surface area contributed by atoms with Gasteiger partial charge in [0.2, 0.25) is 0 Å². The zero-order chi connectivity index (χ0) is 40.3. The van der Waals surface area contributed by atoms with Crippen LogP contribution in [0.25, 0.3) is 82.2 Å². The standard InChI is InChI=1S/C58H40N2O/c1-3-14-37(15-4-1)38-26-30-42(31-27-38)55-56-47-21-9-11-24-50(47)60-58(49(56)36-54-57(55)48-22-10-12-25-53(48)61-54)43-32-28-39(29-33-43)44-34-51(41-17-5-2-6-18-41)59-52(35-44)46-23-13-19-40-16-7-8-20-45(40)46/h1-28,30-32,35-36,51H,29,33-34H2. The van der Waals surface area contributed by atoms with Crippen LogP contribution in [-0.4, -0.2) is 10.7 Å².